The van der Waals surface area contributed by atoms with Crippen molar-refractivity contribution in [3.8, 4) is 5.75 Å². The Morgan fingerprint density at radius 1 is 1.36 bits per heavy atom. The number of rotatable bonds is 2. The molecule has 0 spiro atoms. The van der Waals surface area contributed by atoms with Crippen LogP contribution >= 0.6 is 11.5 Å². The van der Waals surface area contributed by atoms with Crippen molar-refractivity contribution in [1.82, 2.24) is 4.37 Å². The standard InChI is InChI=1S/C10H12N2OS/c1-12(2)10-9-7(13-3)5-4-6-8(9)14-11-10/h4-6H,1-3H3. The van der Waals surface area contributed by atoms with Gasteiger partial charge in [0.2, 0.25) is 0 Å². The van der Waals surface area contributed by atoms with Gasteiger partial charge in [-0.15, -0.1) is 0 Å². The van der Waals surface area contributed by atoms with Crippen molar-refractivity contribution in [3.63, 3.8) is 0 Å². The summed E-state index contributed by atoms with van der Waals surface area (Å²) in [5, 5.41) is 1.10. The highest BCUT2D eigenvalue weighted by molar-refractivity contribution is 7.13. The zero-order chi connectivity index (χ0) is 10.1. The minimum atomic E-state index is 0.889. The van der Waals surface area contributed by atoms with Gasteiger partial charge in [-0.2, -0.15) is 4.37 Å². The van der Waals surface area contributed by atoms with Gasteiger partial charge < -0.3 is 9.64 Å². The topological polar surface area (TPSA) is 25.4 Å². The quantitative estimate of drug-likeness (QED) is 0.757. The number of fused-ring (bicyclic) bond motifs is 1. The zero-order valence-electron chi connectivity index (χ0n) is 8.44. The Morgan fingerprint density at radius 3 is 2.79 bits per heavy atom. The Hall–Kier alpha value is -1.29. The summed E-state index contributed by atoms with van der Waals surface area (Å²) in [6, 6.07) is 6.00. The summed E-state index contributed by atoms with van der Waals surface area (Å²) in [6.07, 6.45) is 0. The molecule has 4 heteroatoms. The molecular weight excluding hydrogens is 196 g/mol. The highest BCUT2D eigenvalue weighted by atomic mass is 32.1. The lowest BCUT2D eigenvalue weighted by atomic mass is 10.2. The predicted octanol–water partition coefficient (Wildman–Crippen LogP) is 2.37. The molecule has 0 aliphatic rings. The Bertz CT molecular complexity index is 450. The van der Waals surface area contributed by atoms with Crippen molar-refractivity contribution < 1.29 is 4.74 Å². The molecule has 2 rings (SSSR count). The summed E-state index contributed by atoms with van der Waals surface area (Å²) >= 11 is 1.50. The van der Waals surface area contributed by atoms with E-state index in [1.54, 1.807) is 7.11 Å². The smallest absolute Gasteiger partial charge is 0.153 e. The lowest BCUT2D eigenvalue weighted by Gasteiger charge is -2.10. The van der Waals surface area contributed by atoms with E-state index in [4.69, 9.17) is 4.74 Å². The van der Waals surface area contributed by atoms with Gasteiger partial charge in [0, 0.05) is 14.1 Å². The fourth-order valence-electron chi connectivity index (χ4n) is 1.42. The van der Waals surface area contributed by atoms with E-state index in [1.165, 1.54) is 11.5 Å². The second kappa shape index (κ2) is 3.46. The molecule has 1 aromatic carbocycles. The molecule has 1 aromatic heterocycles. The number of nitrogens with zero attached hydrogens (tertiary/aromatic N) is 2. The molecule has 0 aliphatic heterocycles. The maximum Gasteiger partial charge on any atom is 0.153 e. The van der Waals surface area contributed by atoms with Crippen molar-refractivity contribution in [2.24, 2.45) is 0 Å². The van der Waals surface area contributed by atoms with E-state index >= 15 is 0 Å². The maximum absolute atomic E-state index is 5.32. The molecule has 14 heavy (non-hydrogen) atoms. The van der Waals surface area contributed by atoms with Gasteiger partial charge in [0.1, 0.15) is 5.75 Å². The second-order valence-electron chi connectivity index (χ2n) is 3.23. The van der Waals surface area contributed by atoms with Crippen molar-refractivity contribution in [1.29, 1.82) is 0 Å². The van der Waals surface area contributed by atoms with E-state index in [0.29, 0.717) is 0 Å². The van der Waals surface area contributed by atoms with Crippen LogP contribution in [0, 0.1) is 0 Å². The fraction of sp³-hybridized carbons (Fsp3) is 0.300. The van der Waals surface area contributed by atoms with Crippen LogP contribution in [0.4, 0.5) is 5.82 Å². The molecule has 0 N–H and O–H groups in total. The maximum atomic E-state index is 5.32. The molecule has 0 bridgehead atoms. The molecule has 74 valence electrons. The number of hydrogen-bond acceptors (Lipinski definition) is 4. The minimum absolute atomic E-state index is 0.889. The normalized spacial score (nSPS) is 10.5. The molecule has 0 aliphatic carbocycles. The minimum Gasteiger partial charge on any atom is -0.496 e. The van der Waals surface area contributed by atoms with Gasteiger partial charge in [-0.1, -0.05) is 6.07 Å². The SMILES string of the molecule is COc1cccc2snc(N(C)C)c12. The van der Waals surface area contributed by atoms with E-state index in [2.05, 4.69) is 10.4 Å². The lowest BCUT2D eigenvalue weighted by Crippen LogP contribution is -2.09. The fourth-order valence-corrected chi connectivity index (χ4v) is 2.28. The molecule has 1 heterocycles. The molecule has 0 unspecified atom stereocenters. The summed E-state index contributed by atoms with van der Waals surface area (Å²) in [7, 11) is 5.66. The van der Waals surface area contributed by atoms with Gasteiger partial charge in [-0.3, -0.25) is 0 Å². The number of anilines is 1. The average molecular weight is 208 g/mol. The third-order valence-corrected chi connectivity index (χ3v) is 2.89. The van der Waals surface area contributed by atoms with Gasteiger partial charge in [0.05, 0.1) is 17.2 Å². The molecule has 0 amide bonds. The average Bonchev–Trinajstić information content (AvgIpc) is 2.60. The van der Waals surface area contributed by atoms with Crippen LogP contribution in [0.2, 0.25) is 0 Å². The molecule has 0 fully saturated rings. The first-order valence-corrected chi connectivity index (χ1v) is 5.11. The summed E-state index contributed by atoms with van der Waals surface area (Å²) < 4.78 is 10.9. The summed E-state index contributed by atoms with van der Waals surface area (Å²) in [4.78, 5) is 2.00. The molecule has 0 saturated heterocycles. The van der Waals surface area contributed by atoms with Crippen LogP contribution in [0.5, 0.6) is 5.75 Å². The van der Waals surface area contributed by atoms with E-state index in [0.717, 1.165) is 21.7 Å². The summed E-state index contributed by atoms with van der Waals surface area (Å²) in [5.41, 5.74) is 0. The number of benzene rings is 1. The van der Waals surface area contributed by atoms with Gasteiger partial charge in [0.15, 0.2) is 5.82 Å². The molecule has 0 atom stereocenters. The Kier molecular flexibility index (Phi) is 2.29. The first-order valence-electron chi connectivity index (χ1n) is 4.33. The van der Waals surface area contributed by atoms with Crippen LogP contribution < -0.4 is 9.64 Å². The van der Waals surface area contributed by atoms with Gasteiger partial charge in [0.25, 0.3) is 0 Å². The highest BCUT2D eigenvalue weighted by Crippen LogP contribution is 2.35. The van der Waals surface area contributed by atoms with Gasteiger partial charge in [-0.25, -0.2) is 0 Å². The van der Waals surface area contributed by atoms with Crippen molar-refractivity contribution in [2.45, 2.75) is 0 Å². The number of hydrogen-bond donors (Lipinski definition) is 0. The highest BCUT2D eigenvalue weighted by Gasteiger charge is 2.11. The number of aromatic nitrogens is 1. The Morgan fingerprint density at radius 2 is 2.14 bits per heavy atom. The Balaban J connectivity index is 2.74. The van der Waals surface area contributed by atoms with Crippen molar-refractivity contribution >= 4 is 27.4 Å². The molecule has 0 saturated carbocycles. The summed E-state index contributed by atoms with van der Waals surface area (Å²) in [6.45, 7) is 0. The largest absolute Gasteiger partial charge is 0.496 e. The van der Waals surface area contributed by atoms with Crippen molar-refractivity contribution in [3.05, 3.63) is 18.2 Å². The first kappa shape index (κ1) is 9.27. The van der Waals surface area contributed by atoms with Crippen LogP contribution in [-0.2, 0) is 0 Å². The second-order valence-corrected chi connectivity index (χ2v) is 4.04. The van der Waals surface area contributed by atoms with E-state index in [9.17, 15) is 0 Å². The van der Waals surface area contributed by atoms with Crippen LogP contribution in [0.3, 0.4) is 0 Å². The van der Waals surface area contributed by atoms with Crippen LogP contribution in [-0.4, -0.2) is 25.6 Å². The molecule has 3 nitrogen and oxygen atoms in total. The van der Waals surface area contributed by atoms with Gasteiger partial charge >= 0.3 is 0 Å². The van der Waals surface area contributed by atoms with E-state index in [1.807, 2.05) is 31.1 Å². The molecule has 0 radical (unpaired) electrons. The molecule has 2 aromatic rings. The van der Waals surface area contributed by atoms with Crippen LogP contribution in [0.15, 0.2) is 18.2 Å². The third-order valence-electron chi connectivity index (χ3n) is 2.09. The Labute approximate surface area is 87.1 Å². The van der Waals surface area contributed by atoms with Crippen LogP contribution in [0.25, 0.3) is 10.1 Å². The van der Waals surface area contributed by atoms with Gasteiger partial charge in [-0.05, 0) is 23.7 Å². The third kappa shape index (κ3) is 1.32. The van der Waals surface area contributed by atoms with Crippen LogP contribution in [0.1, 0.15) is 0 Å². The monoisotopic (exact) mass is 208 g/mol. The lowest BCUT2D eigenvalue weighted by molar-refractivity contribution is 0.420. The van der Waals surface area contributed by atoms with E-state index in [-0.39, 0.29) is 0 Å². The summed E-state index contributed by atoms with van der Waals surface area (Å²) in [5.74, 6) is 1.86. The predicted molar refractivity (Wildman–Crippen MR) is 60.5 cm³/mol. The number of methoxy groups -OCH3 is 1. The van der Waals surface area contributed by atoms with E-state index < -0.39 is 0 Å². The first-order chi connectivity index (χ1) is 6.74. The molecular formula is C10H12N2OS. The number of ether oxygens (including phenoxy) is 1. The zero-order valence-corrected chi connectivity index (χ0v) is 9.26. The van der Waals surface area contributed by atoms with Crippen molar-refractivity contribution in [2.75, 3.05) is 26.1 Å².